The molecule has 0 saturated heterocycles. The third-order valence-corrected chi connectivity index (χ3v) is 0.120. The molecule has 22 valence electrons. The molecule has 4 heteroatoms. The second-order valence-corrected chi connectivity index (χ2v) is 0.609. The first-order chi connectivity index (χ1) is 2.27. The van der Waals surface area contributed by atoms with Crippen molar-refractivity contribution in [2.75, 3.05) is 0 Å². The molecule has 0 aliphatic carbocycles. The van der Waals surface area contributed by atoms with Gasteiger partial charge in [-0.25, -0.2) is 0 Å². The van der Waals surface area contributed by atoms with Gasteiger partial charge in [0.2, 0.25) is 0 Å². The normalized spacial score (nSPS) is 10.8. The highest BCUT2D eigenvalue weighted by atomic mass is 31.1. The second-order valence-electron chi connectivity index (χ2n) is 0.203. The lowest BCUT2D eigenvalue weighted by Gasteiger charge is -1.40. The Morgan fingerprint density at radius 3 is 2.75 bits per heavy atom. The van der Waals surface area contributed by atoms with E-state index in [0.29, 0.717) is 0 Å². The van der Waals surface area contributed by atoms with E-state index in [4.69, 9.17) is 5.90 Å². The zero-order valence-corrected chi connectivity index (χ0v) is 2.71. The Hall–Kier alpha value is 0.0949. The van der Waals surface area contributed by atoms with Crippen LogP contribution in [0, 0.1) is 0 Å². The first-order valence-electron chi connectivity index (χ1n) is 1.24. The summed E-state index contributed by atoms with van der Waals surface area (Å²) in [6.07, 6.45) is 0. The zero-order valence-electron chi connectivity index (χ0n) is 2.81. The molecule has 0 aromatic heterocycles. The average Bonchev–Trinajstić information content (AvgIpc) is 1.38. The van der Waals surface area contributed by atoms with Gasteiger partial charge in [-0.2, -0.15) is 0 Å². The summed E-state index contributed by atoms with van der Waals surface area (Å²) in [5.41, 5.74) is 0. The van der Waals surface area contributed by atoms with E-state index in [9.17, 15) is 4.32 Å². The summed E-state index contributed by atoms with van der Waals surface area (Å²) in [4.78, 5) is 0. The maximum Gasteiger partial charge on any atom is 0.436 e. The highest BCUT2D eigenvalue weighted by Crippen LogP contribution is 1.81. The van der Waals surface area contributed by atoms with Gasteiger partial charge in [-0.15, -0.1) is 0 Å². The van der Waals surface area contributed by atoms with E-state index in [-0.39, 0.29) is 0 Å². The van der Waals surface area contributed by atoms with Crippen molar-refractivity contribution in [2.45, 2.75) is 0 Å². The lowest BCUT2D eigenvalue weighted by Crippen LogP contribution is -1.44. The lowest BCUT2D eigenvalue weighted by atomic mass is 10.6. The largest absolute Gasteiger partial charge is 0.436 e. The molecule has 1 nitrogen and oxygen atoms in total. The van der Waals surface area contributed by atoms with E-state index in [0.717, 1.165) is 0 Å². The van der Waals surface area contributed by atoms with Gasteiger partial charge in [-0.3, -0.25) is 4.57 Å². The van der Waals surface area contributed by atoms with E-state index in [1.54, 1.807) is 0 Å². The summed E-state index contributed by atoms with van der Waals surface area (Å²) in [6.45, 7) is 0. The maximum atomic E-state index is 10.8. The molecule has 0 spiro atoms. The summed E-state index contributed by atoms with van der Waals surface area (Å²) < 4.78 is 25.6. The Labute approximate surface area is 27.0 Å². The van der Waals surface area contributed by atoms with E-state index < -0.39 is 15.6 Å². The van der Waals surface area contributed by atoms with Crippen LogP contribution in [0.4, 0.5) is 4.32 Å². The van der Waals surface area contributed by atoms with Crippen LogP contribution in [0.1, 0.15) is 0 Å². The van der Waals surface area contributed by atoms with Gasteiger partial charge in [-0.05, 0) is 0 Å². The van der Waals surface area contributed by atoms with E-state index in [1.807, 2.05) is 0 Å². The van der Waals surface area contributed by atoms with Crippen molar-refractivity contribution in [3.8, 4) is 0 Å². The number of hydrogen-bond acceptors (Lipinski definition) is 1. The minimum atomic E-state index is -1.95. The lowest BCUT2D eigenvalue weighted by molar-refractivity contribution is 0.603. The molecule has 0 aliphatic rings. The third kappa shape index (κ3) is 2.09. The molecule has 0 heterocycles. The fourth-order valence-corrected chi connectivity index (χ4v) is 0. The van der Waals surface area contributed by atoms with Gasteiger partial charge in [0.25, 0.3) is 0 Å². The Bertz CT molecular complexity index is 38.6. The van der Waals surface area contributed by atoms with Crippen LogP contribution in [-0.4, -0.2) is 8.58 Å². The molecule has 0 aromatic rings. The van der Waals surface area contributed by atoms with Crippen molar-refractivity contribution >= 4 is 15.6 Å². The molecule has 0 N–H and O–H groups in total. The van der Waals surface area contributed by atoms with Gasteiger partial charge < -0.3 is 4.32 Å². The first-order valence-corrected chi connectivity index (χ1v) is 1.54. The summed E-state index contributed by atoms with van der Waals surface area (Å²) in [6, 6.07) is 0. The van der Waals surface area contributed by atoms with Crippen LogP contribution in [0.3, 0.4) is 0 Å². The van der Waals surface area contributed by atoms with Crippen LogP contribution in [-0.2, 0) is 4.57 Å². The summed E-state index contributed by atoms with van der Waals surface area (Å²) in [5, 5.41) is 0. The second kappa shape index (κ2) is 3.09. The fraction of sp³-hybridized carbons (Fsp3) is 0. The molecular formula is HBFOP. The molecule has 0 atom stereocenters. The van der Waals surface area contributed by atoms with Gasteiger partial charge in [-0.1, -0.05) is 0 Å². The Morgan fingerprint density at radius 1 is 2.50 bits per heavy atom. The number of hydrogen-bond donors (Lipinski definition) is 0. The van der Waals surface area contributed by atoms with Crippen LogP contribution in [0.2, 0.25) is 0 Å². The van der Waals surface area contributed by atoms with Crippen molar-refractivity contribution < 1.29 is 8.88 Å². The average molecular weight is 78.8 g/mol. The van der Waals surface area contributed by atoms with Crippen molar-refractivity contribution in [2.24, 2.45) is 0 Å². The van der Waals surface area contributed by atoms with Crippen LogP contribution in [0.25, 0.3) is 0 Å². The van der Waals surface area contributed by atoms with Gasteiger partial charge in [0.15, 0.2) is 0 Å². The zero-order chi connectivity index (χ0) is 4.28. The fourth-order valence-electron chi connectivity index (χ4n) is 0. The molecule has 0 radical (unpaired) electrons. The molecule has 0 saturated carbocycles. The van der Waals surface area contributed by atoms with Crippen LogP contribution < -0.4 is 0 Å². The maximum absolute atomic E-state index is 10.8. The third-order valence-electron chi connectivity index (χ3n) is 0.0398. The van der Waals surface area contributed by atoms with Gasteiger partial charge in [0.1, 0.15) is 8.34 Å². The topological polar surface area (TPSA) is 17.1 Å². The molecule has 0 amide bonds. The molecule has 0 unspecified atom stereocenters. The predicted octanol–water partition coefficient (Wildman–Crippen LogP) is 0.514. The smallest absolute Gasteiger partial charge is 0.324 e. The van der Waals surface area contributed by atoms with Crippen LogP contribution >= 0.6 is 8.34 Å². The molecule has 0 aliphatic heterocycles. The molecule has 0 aromatic carbocycles. The molecule has 0 fully saturated rings. The van der Waals surface area contributed by atoms with Crippen molar-refractivity contribution in [3.63, 3.8) is 0 Å². The van der Waals surface area contributed by atoms with E-state index >= 15 is 0 Å². The van der Waals surface area contributed by atoms with E-state index in [2.05, 4.69) is 0 Å². The predicted molar refractivity (Wildman–Crippen MR) is 15.9 cm³/mol. The summed E-state index contributed by atoms with van der Waals surface area (Å²) in [7, 11) is -2.70. The molecule has 0 rings (SSSR count). The minimum Gasteiger partial charge on any atom is -0.324 e. The standard InChI is InChI=1S/BFHOP/c2-1-4-3/h1H/i1D. The highest BCUT2D eigenvalue weighted by molar-refractivity contribution is 7.59. The van der Waals surface area contributed by atoms with Crippen LogP contribution in [0.15, 0.2) is 0 Å². The Kier molecular flexibility index (Phi) is 1.81. The van der Waals surface area contributed by atoms with Crippen LogP contribution in [0.5, 0.6) is 0 Å². The number of halogens is 1. The SMILES string of the molecule is [2H]B(F)P=O. The molecular weight excluding hydrogens is 76.8 g/mol. The highest BCUT2D eigenvalue weighted by Gasteiger charge is 1.70. The van der Waals surface area contributed by atoms with E-state index in [1.165, 1.54) is 0 Å². The minimum absolute atomic E-state index is 0.753. The Balaban J connectivity index is 2.83. The van der Waals surface area contributed by atoms with Gasteiger partial charge in [0.05, 0.1) is 0 Å². The van der Waals surface area contributed by atoms with Crippen molar-refractivity contribution in [1.82, 2.24) is 0 Å². The number of rotatable bonds is 1. The first kappa shape index (κ1) is 2.34. The van der Waals surface area contributed by atoms with Crippen molar-refractivity contribution in [3.05, 3.63) is 0 Å². The summed E-state index contributed by atoms with van der Waals surface area (Å²) in [5.74, 6) is 0. The quantitative estimate of drug-likeness (QED) is 0.330. The molecule has 4 heavy (non-hydrogen) atoms. The monoisotopic (exact) mass is 79.0 g/mol. The van der Waals surface area contributed by atoms with Gasteiger partial charge in [0, 0.05) is 1.34 Å². The van der Waals surface area contributed by atoms with Gasteiger partial charge >= 0.3 is 7.24 Å². The summed E-state index contributed by atoms with van der Waals surface area (Å²) >= 11 is 0. The van der Waals surface area contributed by atoms with Crippen molar-refractivity contribution in [1.29, 1.82) is 1.34 Å². The molecule has 0 bridgehead atoms. The Morgan fingerprint density at radius 2 is 2.75 bits per heavy atom.